The van der Waals surface area contributed by atoms with Gasteiger partial charge in [0.05, 0.1) is 6.54 Å². The number of benzene rings is 1. The number of hydrogen-bond donors (Lipinski definition) is 1. The van der Waals surface area contributed by atoms with Gasteiger partial charge < -0.3 is 0 Å². The van der Waals surface area contributed by atoms with Gasteiger partial charge in [-0.3, -0.25) is 0 Å². The summed E-state index contributed by atoms with van der Waals surface area (Å²) in [5.41, 5.74) is 2.50. The van der Waals surface area contributed by atoms with E-state index in [4.69, 9.17) is 0 Å². The number of aromatic amines is 1. The van der Waals surface area contributed by atoms with Crippen LogP contribution < -0.4 is 0 Å². The molecule has 0 fully saturated rings. The van der Waals surface area contributed by atoms with Gasteiger partial charge in [-0.25, -0.2) is 9.79 Å². The SMILES string of the molecule is O=C=NCc1ccc2n[nH]nc2c1. The smallest absolute Gasteiger partial charge is 0.211 e. The fourth-order valence-corrected chi connectivity index (χ4v) is 1.11. The number of aliphatic imine (C=N–C) groups is 1. The molecule has 13 heavy (non-hydrogen) atoms. The highest BCUT2D eigenvalue weighted by atomic mass is 16.1. The molecule has 0 amide bonds. The highest BCUT2D eigenvalue weighted by molar-refractivity contribution is 5.74. The van der Waals surface area contributed by atoms with Crippen LogP contribution in [0.15, 0.2) is 23.2 Å². The molecule has 64 valence electrons. The van der Waals surface area contributed by atoms with E-state index in [1.165, 1.54) is 6.08 Å². The summed E-state index contributed by atoms with van der Waals surface area (Å²) >= 11 is 0. The second-order valence-electron chi connectivity index (χ2n) is 2.55. The number of H-pyrrole nitrogens is 1. The fourth-order valence-electron chi connectivity index (χ4n) is 1.11. The molecule has 0 atom stereocenters. The van der Waals surface area contributed by atoms with Gasteiger partial charge in [-0.2, -0.15) is 15.4 Å². The second-order valence-corrected chi connectivity index (χ2v) is 2.55. The minimum Gasteiger partial charge on any atom is -0.211 e. The summed E-state index contributed by atoms with van der Waals surface area (Å²) in [6.07, 6.45) is 1.49. The average molecular weight is 174 g/mol. The van der Waals surface area contributed by atoms with E-state index in [0.717, 1.165) is 16.6 Å². The Morgan fingerprint density at radius 3 is 3.08 bits per heavy atom. The van der Waals surface area contributed by atoms with Crippen molar-refractivity contribution in [3.63, 3.8) is 0 Å². The number of hydrogen-bond acceptors (Lipinski definition) is 4. The van der Waals surface area contributed by atoms with Crippen molar-refractivity contribution in [3.8, 4) is 0 Å². The van der Waals surface area contributed by atoms with Crippen molar-refractivity contribution in [2.75, 3.05) is 0 Å². The normalized spacial score (nSPS) is 9.85. The molecule has 0 saturated carbocycles. The molecular formula is C8H6N4O. The lowest BCUT2D eigenvalue weighted by Gasteiger charge is -1.92. The van der Waals surface area contributed by atoms with Crippen LogP contribution in [0.1, 0.15) is 5.56 Å². The zero-order chi connectivity index (χ0) is 9.10. The molecule has 5 heteroatoms. The summed E-state index contributed by atoms with van der Waals surface area (Å²) < 4.78 is 0. The molecule has 1 heterocycles. The average Bonchev–Trinajstić information content (AvgIpc) is 2.61. The number of isocyanates is 1. The van der Waals surface area contributed by atoms with Crippen LogP contribution in [0, 0.1) is 0 Å². The van der Waals surface area contributed by atoms with E-state index in [1.807, 2.05) is 18.2 Å². The van der Waals surface area contributed by atoms with Crippen molar-refractivity contribution in [3.05, 3.63) is 23.8 Å². The number of fused-ring (bicyclic) bond motifs is 1. The maximum absolute atomic E-state index is 9.87. The summed E-state index contributed by atoms with van der Waals surface area (Å²) in [6.45, 7) is 0.340. The molecule has 0 aliphatic heterocycles. The highest BCUT2D eigenvalue weighted by Crippen LogP contribution is 2.10. The Hall–Kier alpha value is -2.00. The van der Waals surface area contributed by atoms with Gasteiger partial charge in [-0.05, 0) is 17.7 Å². The molecule has 1 aromatic carbocycles. The van der Waals surface area contributed by atoms with Crippen molar-refractivity contribution >= 4 is 17.1 Å². The number of nitrogens with one attached hydrogen (secondary N) is 1. The molecule has 0 aliphatic carbocycles. The zero-order valence-corrected chi connectivity index (χ0v) is 6.69. The molecule has 0 unspecified atom stereocenters. The number of rotatable bonds is 2. The fraction of sp³-hybridized carbons (Fsp3) is 0.125. The Morgan fingerprint density at radius 2 is 2.23 bits per heavy atom. The van der Waals surface area contributed by atoms with Gasteiger partial charge in [0.2, 0.25) is 6.08 Å². The van der Waals surface area contributed by atoms with Crippen LogP contribution in [0.4, 0.5) is 0 Å². The van der Waals surface area contributed by atoms with Gasteiger partial charge in [0.25, 0.3) is 0 Å². The van der Waals surface area contributed by atoms with E-state index in [-0.39, 0.29) is 0 Å². The molecule has 0 aliphatic rings. The third-order valence-corrected chi connectivity index (χ3v) is 1.71. The van der Waals surface area contributed by atoms with Crippen LogP contribution in [0.5, 0.6) is 0 Å². The zero-order valence-electron chi connectivity index (χ0n) is 6.69. The molecule has 2 rings (SSSR count). The van der Waals surface area contributed by atoms with Gasteiger partial charge in [-0.1, -0.05) is 6.07 Å². The molecule has 1 N–H and O–H groups in total. The summed E-state index contributed by atoms with van der Waals surface area (Å²) in [5, 5.41) is 10.3. The lowest BCUT2D eigenvalue weighted by Crippen LogP contribution is -1.80. The first-order valence-electron chi connectivity index (χ1n) is 3.73. The lowest BCUT2D eigenvalue weighted by atomic mass is 10.2. The standard InChI is InChI=1S/C8H6N4O/c13-5-9-4-6-1-2-7-8(3-6)11-12-10-7/h1-3H,4H2,(H,10,11,12). The maximum Gasteiger partial charge on any atom is 0.235 e. The summed E-state index contributed by atoms with van der Waals surface area (Å²) in [6, 6.07) is 5.51. The van der Waals surface area contributed by atoms with Crippen molar-refractivity contribution in [2.24, 2.45) is 4.99 Å². The van der Waals surface area contributed by atoms with E-state index in [0.29, 0.717) is 6.54 Å². The minimum absolute atomic E-state index is 0.340. The van der Waals surface area contributed by atoms with Crippen LogP contribution in [0.2, 0.25) is 0 Å². The number of carbonyl (C=O) groups excluding carboxylic acids is 1. The monoisotopic (exact) mass is 174 g/mol. The first kappa shape index (κ1) is 7.64. The quantitative estimate of drug-likeness (QED) is 0.540. The Balaban J connectivity index is 2.42. The lowest BCUT2D eigenvalue weighted by molar-refractivity contribution is 0.563. The predicted octanol–water partition coefficient (Wildman–Crippen LogP) is 0.794. The van der Waals surface area contributed by atoms with Crippen LogP contribution in [-0.4, -0.2) is 21.5 Å². The first-order valence-corrected chi connectivity index (χ1v) is 3.73. The van der Waals surface area contributed by atoms with Crippen LogP contribution in [0.25, 0.3) is 11.0 Å². The molecule has 0 spiro atoms. The summed E-state index contributed by atoms with van der Waals surface area (Å²) in [7, 11) is 0. The van der Waals surface area contributed by atoms with Crippen molar-refractivity contribution in [1.29, 1.82) is 0 Å². The van der Waals surface area contributed by atoms with Crippen LogP contribution in [0.3, 0.4) is 0 Å². The molecule has 0 radical (unpaired) electrons. The molecule has 2 aromatic rings. The Morgan fingerprint density at radius 1 is 1.38 bits per heavy atom. The van der Waals surface area contributed by atoms with Crippen LogP contribution in [-0.2, 0) is 11.3 Å². The van der Waals surface area contributed by atoms with E-state index >= 15 is 0 Å². The third kappa shape index (κ3) is 1.45. The molecule has 1 aromatic heterocycles. The summed E-state index contributed by atoms with van der Waals surface area (Å²) in [4.78, 5) is 13.3. The Bertz CT molecular complexity index is 470. The molecule has 0 bridgehead atoms. The minimum atomic E-state index is 0.340. The van der Waals surface area contributed by atoms with Gasteiger partial charge >= 0.3 is 0 Å². The first-order chi connectivity index (χ1) is 6.40. The predicted molar refractivity (Wildman–Crippen MR) is 45.7 cm³/mol. The van der Waals surface area contributed by atoms with E-state index < -0.39 is 0 Å². The van der Waals surface area contributed by atoms with Crippen LogP contribution >= 0.6 is 0 Å². The van der Waals surface area contributed by atoms with Crippen molar-refractivity contribution in [2.45, 2.75) is 6.54 Å². The topological polar surface area (TPSA) is 71.0 Å². The van der Waals surface area contributed by atoms with Crippen molar-refractivity contribution < 1.29 is 4.79 Å². The number of aromatic nitrogens is 3. The number of nitrogens with zero attached hydrogens (tertiary/aromatic N) is 3. The molecule has 0 saturated heterocycles. The van der Waals surface area contributed by atoms with E-state index in [9.17, 15) is 4.79 Å². The molecule has 5 nitrogen and oxygen atoms in total. The maximum atomic E-state index is 9.87. The third-order valence-electron chi connectivity index (χ3n) is 1.71. The Kier molecular flexibility index (Phi) is 1.86. The summed E-state index contributed by atoms with van der Waals surface area (Å²) in [5.74, 6) is 0. The highest BCUT2D eigenvalue weighted by Gasteiger charge is 1.98. The Labute approximate surface area is 73.5 Å². The van der Waals surface area contributed by atoms with Gasteiger partial charge in [0.1, 0.15) is 11.0 Å². The van der Waals surface area contributed by atoms with Gasteiger partial charge in [0.15, 0.2) is 0 Å². The van der Waals surface area contributed by atoms with E-state index in [2.05, 4.69) is 20.4 Å². The largest absolute Gasteiger partial charge is 0.235 e. The van der Waals surface area contributed by atoms with Gasteiger partial charge in [0, 0.05) is 0 Å². The van der Waals surface area contributed by atoms with Gasteiger partial charge in [-0.15, -0.1) is 0 Å². The molecular weight excluding hydrogens is 168 g/mol. The second kappa shape index (κ2) is 3.16. The van der Waals surface area contributed by atoms with E-state index in [1.54, 1.807) is 0 Å². The van der Waals surface area contributed by atoms with Crippen molar-refractivity contribution in [1.82, 2.24) is 15.4 Å².